The van der Waals surface area contributed by atoms with Crippen LogP contribution in [0.15, 0.2) is 30.3 Å². The standard InChI is InChI=1S/C17H25N3O2/c1-18-15-9-12-20(13-10-15)16(21)8-5-11-19-17(22)14-6-3-2-4-7-14/h2-4,6-7,15,18H,5,8-13H2,1H3,(H,19,22). The first-order chi connectivity index (χ1) is 10.7. The Morgan fingerprint density at radius 3 is 2.50 bits per heavy atom. The maximum atomic E-state index is 12.1. The minimum atomic E-state index is -0.0807. The topological polar surface area (TPSA) is 61.4 Å². The molecule has 1 aliphatic heterocycles. The van der Waals surface area contributed by atoms with Gasteiger partial charge in [-0.1, -0.05) is 18.2 Å². The SMILES string of the molecule is CNC1CCN(C(=O)CCCNC(=O)c2ccccc2)CC1. The van der Waals surface area contributed by atoms with Gasteiger partial charge >= 0.3 is 0 Å². The van der Waals surface area contributed by atoms with Crippen LogP contribution in [0, 0.1) is 0 Å². The Hall–Kier alpha value is -1.88. The van der Waals surface area contributed by atoms with Gasteiger partial charge < -0.3 is 15.5 Å². The van der Waals surface area contributed by atoms with Gasteiger partial charge in [0.05, 0.1) is 0 Å². The van der Waals surface area contributed by atoms with E-state index in [1.54, 1.807) is 12.1 Å². The molecule has 5 heteroatoms. The minimum Gasteiger partial charge on any atom is -0.352 e. The van der Waals surface area contributed by atoms with Gasteiger partial charge in [0.2, 0.25) is 5.91 Å². The maximum Gasteiger partial charge on any atom is 0.251 e. The lowest BCUT2D eigenvalue weighted by Crippen LogP contribution is -2.44. The largest absolute Gasteiger partial charge is 0.352 e. The van der Waals surface area contributed by atoms with Crippen LogP contribution in [0.5, 0.6) is 0 Å². The highest BCUT2D eigenvalue weighted by Gasteiger charge is 2.21. The number of rotatable bonds is 6. The molecule has 1 heterocycles. The summed E-state index contributed by atoms with van der Waals surface area (Å²) in [6.07, 6.45) is 3.22. The average molecular weight is 303 g/mol. The quantitative estimate of drug-likeness (QED) is 0.781. The van der Waals surface area contributed by atoms with Crippen LogP contribution in [0.2, 0.25) is 0 Å². The van der Waals surface area contributed by atoms with E-state index in [0.717, 1.165) is 25.9 Å². The number of nitrogens with zero attached hydrogens (tertiary/aromatic N) is 1. The molecule has 5 nitrogen and oxygen atoms in total. The molecule has 0 spiro atoms. The Labute approximate surface area is 132 Å². The molecule has 1 fully saturated rings. The number of nitrogens with one attached hydrogen (secondary N) is 2. The fourth-order valence-corrected chi connectivity index (χ4v) is 2.71. The summed E-state index contributed by atoms with van der Waals surface area (Å²) in [7, 11) is 1.97. The number of carbonyl (C=O) groups is 2. The van der Waals surface area contributed by atoms with E-state index in [4.69, 9.17) is 0 Å². The monoisotopic (exact) mass is 303 g/mol. The van der Waals surface area contributed by atoms with Gasteiger partial charge in [-0.2, -0.15) is 0 Å². The molecule has 0 aliphatic carbocycles. The number of benzene rings is 1. The van der Waals surface area contributed by atoms with Crippen LogP contribution in [0.3, 0.4) is 0 Å². The van der Waals surface area contributed by atoms with Gasteiger partial charge in [0.25, 0.3) is 5.91 Å². The van der Waals surface area contributed by atoms with Crippen LogP contribution in [0.1, 0.15) is 36.0 Å². The van der Waals surface area contributed by atoms with Gasteiger partial charge in [-0.25, -0.2) is 0 Å². The molecule has 120 valence electrons. The lowest BCUT2D eigenvalue weighted by Gasteiger charge is -2.31. The highest BCUT2D eigenvalue weighted by molar-refractivity contribution is 5.94. The second-order valence-electron chi connectivity index (χ2n) is 5.67. The Morgan fingerprint density at radius 2 is 1.86 bits per heavy atom. The van der Waals surface area contributed by atoms with Crippen LogP contribution in [-0.2, 0) is 4.79 Å². The third-order valence-electron chi connectivity index (χ3n) is 4.14. The van der Waals surface area contributed by atoms with Gasteiger partial charge in [-0.3, -0.25) is 9.59 Å². The van der Waals surface area contributed by atoms with E-state index in [2.05, 4.69) is 10.6 Å². The summed E-state index contributed by atoms with van der Waals surface area (Å²) in [5.74, 6) is 0.117. The van der Waals surface area contributed by atoms with Crippen molar-refractivity contribution in [1.82, 2.24) is 15.5 Å². The number of carbonyl (C=O) groups excluding carboxylic acids is 2. The molecule has 0 radical (unpaired) electrons. The zero-order chi connectivity index (χ0) is 15.8. The van der Waals surface area contributed by atoms with Crippen molar-refractivity contribution in [1.29, 1.82) is 0 Å². The van der Waals surface area contributed by atoms with Crippen LogP contribution in [0.25, 0.3) is 0 Å². The summed E-state index contributed by atoms with van der Waals surface area (Å²) in [5, 5.41) is 6.11. The van der Waals surface area contributed by atoms with Crippen molar-refractivity contribution >= 4 is 11.8 Å². The first kappa shape index (κ1) is 16.5. The molecule has 0 unspecified atom stereocenters. The van der Waals surface area contributed by atoms with Crippen LogP contribution in [-0.4, -0.2) is 49.4 Å². The molecule has 0 atom stereocenters. The second-order valence-corrected chi connectivity index (χ2v) is 5.67. The third kappa shape index (κ3) is 4.84. The molecule has 2 rings (SSSR count). The molecule has 1 aromatic carbocycles. The maximum absolute atomic E-state index is 12.1. The lowest BCUT2D eigenvalue weighted by atomic mass is 10.0. The van der Waals surface area contributed by atoms with Gasteiger partial charge in [0.15, 0.2) is 0 Å². The fraction of sp³-hybridized carbons (Fsp3) is 0.529. The Bertz CT molecular complexity index is 482. The number of likely N-dealkylation sites (tertiary alicyclic amines) is 1. The number of hydrogen-bond acceptors (Lipinski definition) is 3. The summed E-state index contributed by atoms with van der Waals surface area (Å²) in [6.45, 7) is 2.20. The van der Waals surface area contributed by atoms with E-state index < -0.39 is 0 Å². The van der Waals surface area contributed by atoms with E-state index in [-0.39, 0.29) is 11.8 Å². The first-order valence-corrected chi connectivity index (χ1v) is 7.99. The Kier molecular flexibility index (Phi) is 6.40. The number of hydrogen-bond donors (Lipinski definition) is 2. The molecule has 2 amide bonds. The minimum absolute atomic E-state index is 0.0807. The van der Waals surface area contributed by atoms with Gasteiger partial charge in [0, 0.05) is 37.7 Å². The highest BCUT2D eigenvalue weighted by Crippen LogP contribution is 2.11. The lowest BCUT2D eigenvalue weighted by molar-refractivity contribution is -0.132. The predicted octanol–water partition coefficient (Wildman–Crippen LogP) is 1.41. The van der Waals surface area contributed by atoms with Crippen molar-refractivity contribution in [3.63, 3.8) is 0 Å². The summed E-state index contributed by atoms with van der Waals surface area (Å²) in [6, 6.07) is 9.67. The molecule has 1 aromatic rings. The third-order valence-corrected chi connectivity index (χ3v) is 4.14. The molecule has 0 aromatic heterocycles. The molecule has 22 heavy (non-hydrogen) atoms. The normalized spacial score (nSPS) is 15.6. The van der Waals surface area contributed by atoms with E-state index in [1.165, 1.54) is 0 Å². The van der Waals surface area contributed by atoms with Crippen LogP contribution < -0.4 is 10.6 Å². The Balaban J connectivity index is 1.62. The van der Waals surface area contributed by atoms with Gasteiger partial charge in [0.1, 0.15) is 0 Å². The van der Waals surface area contributed by atoms with Crippen molar-refractivity contribution in [3.05, 3.63) is 35.9 Å². The van der Waals surface area contributed by atoms with Crippen LogP contribution in [0.4, 0.5) is 0 Å². The zero-order valence-electron chi connectivity index (χ0n) is 13.2. The molecule has 2 N–H and O–H groups in total. The number of piperidine rings is 1. The number of amides is 2. The smallest absolute Gasteiger partial charge is 0.251 e. The van der Waals surface area contributed by atoms with Crippen molar-refractivity contribution in [2.75, 3.05) is 26.7 Å². The first-order valence-electron chi connectivity index (χ1n) is 7.99. The van der Waals surface area contributed by atoms with Gasteiger partial charge in [-0.15, -0.1) is 0 Å². The van der Waals surface area contributed by atoms with Crippen LogP contribution >= 0.6 is 0 Å². The fourth-order valence-electron chi connectivity index (χ4n) is 2.71. The van der Waals surface area contributed by atoms with E-state index in [9.17, 15) is 9.59 Å². The van der Waals surface area contributed by atoms with E-state index in [1.807, 2.05) is 30.1 Å². The molecule has 0 saturated carbocycles. The summed E-state index contributed by atoms with van der Waals surface area (Å²) in [4.78, 5) is 25.9. The summed E-state index contributed by atoms with van der Waals surface area (Å²) < 4.78 is 0. The summed E-state index contributed by atoms with van der Waals surface area (Å²) in [5.41, 5.74) is 0.656. The Morgan fingerprint density at radius 1 is 1.18 bits per heavy atom. The van der Waals surface area contributed by atoms with Crippen molar-refractivity contribution in [2.24, 2.45) is 0 Å². The van der Waals surface area contributed by atoms with Crippen molar-refractivity contribution in [2.45, 2.75) is 31.7 Å². The van der Waals surface area contributed by atoms with E-state index in [0.29, 0.717) is 31.0 Å². The second kappa shape index (κ2) is 8.54. The highest BCUT2D eigenvalue weighted by atomic mass is 16.2. The van der Waals surface area contributed by atoms with Gasteiger partial charge in [-0.05, 0) is 38.4 Å². The predicted molar refractivity (Wildman–Crippen MR) is 86.7 cm³/mol. The molecular weight excluding hydrogens is 278 g/mol. The molecular formula is C17H25N3O2. The molecule has 1 aliphatic rings. The molecule has 1 saturated heterocycles. The van der Waals surface area contributed by atoms with E-state index >= 15 is 0 Å². The van der Waals surface area contributed by atoms with Crippen molar-refractivity contribution in [3.8, 4) is 0 Å². The summed E-state index contributed by atoms with van der Waals surface area (Å²) >= 11 is 0. The average Bonchev–Trinajstić information content (AvgIpc) is 2.59. The zero-order valence-corrected chi connectivity index (χ0v) is 13.2. The van der Waals surface area contributed by atoms with Crippen molar-refractivity contribution < 1.29 is 9.59 Å². The molecule has 0 bridgehead atoms.